The van der Waals surface area contributed by atoms with E-state index in [-0.39, 0.29) is 6.61 Å². The van der Waals surface area contributed by atoms with Crippen molar-refractivity contribution in [2.45, 2.75) is 6.61 Å². The molecule has 0 amide bonds. The fourth-order valence-corrected chi connectivity index (χ4v) is 1.62. The third-order valence-corrected chi connectivity index (χ3v) is 2.56. The molecule has 1 heterocycles. The number of aromatic nitrogens is 1. The van der Waals surface area contributed by atoms with Gasteiger partial charge in [0, 0.05) is 12.3 Å². The molecule has 4 nitrogen and oxygen atoms in total. The summed E-state index contributed by atoms with van der Waals surface area (Å²) in [5.41, 5.74) is 1.61. The first-order chi connectivity index (χ1) is 9.21. The second kappa shape index (κ2) is 5.86. The SMILES string of the molecule is N#Cc1cc(C#N)cc(COc2ccc(Cl)cn2)c1. The van der Waals surface area contributed by atoms with Crippen LogP contribution in [0.3, 0.4) is 0 Å². The highest BCUT2D eigenvalue weighted by molar-refractivity contribution is 6.30. The van der Waals surface area contributed by atoms with E-state index in [0.29, 0.717) is 22.0 Å². The molecule has 92 valence electrons. The minimum Gasteiger partial charge on any atom is -0.473 e. The second-order valence-electron chi connectivity index (χ2n) is 3.75. The van der Waals surface area contributed by atoms with E-state index in [1.54, 1.807) is 24.3 Å². The molecule has 0 atom stereocenters. The number of nitrogens with zero attached hydrogens (tertiary/aromatic N) is 3. The first kappa shape index (κ1) is 12.9. The topological polar surface area (TPSA) is 69.7 Å². The number of pyridine rings is 1. The average molecular weight is 270 g/mol. The van der Waals surface area contributed by atoms with Crippen LogP contribution in [0.15, 0.2) is 36.5 Å². The molecule has 0 aliphatic rings. The third-order valence-electron chi connectivity index (χ3n) is 2.34. The lowest BCUT2D eigenvalue weighted by Crippen LogP contribution is -1.98. The fourth-order valence-electron chi connectivity index (χ4n) is 1.51. The smallest absolute Gasteiger partial charge is 0.213 e. The zero-order valence-corrected chi connectivity index (χ0v) is 10.6. The van der Waals surface area contributed by atoms with E-state index < -0.39 is 0 Å². The van der Waals surface area contributed by atoms with Crippen molar-refractivity contribution < 1.29 is 4.74 Å². The van der Waals surface area contributed by atoms with Gasteiger partial charge in [-0.2, -0.15) is 10.5 Å². The van der Waals surface area contributed by atoms with Crippen molar-refractivity contribution in [1.82, 2.24) is 4.98 Å². The molecule has 0 saturated heterocycles. The molecule has 2 rings (SSSR count). The maximum atomic E-state index is 8.87. The summed E-state index contributed by atoms with van der Waals surface area (Å²) in [5.74, 6) is 0.435. The molecule has 1 aromatic carbocycles. The summed E-state index contributed by atoms with van der Waals surface area (Å²) in [5, 5.41) is 18.3. The zero-order chi connectivity index (χ0) is 13.7. The molecular weight excluding hydrogens is 262 g/mol. The highest BCUT2D eigenvalue weighted by Gasteiger charge is 2.02. The van der Waals surface area contributed by atoms with Crippen molar-refractivity contribution >= 4 is 11.6 Å². The monoisotopic (exact) mass is 269 g/mol. The van der Waals surface area contributed by atoms with Crippen molar-refractivity contribution in [3.8, 4) is 18.0 Å². The van der Waals surface area contributed by atoms with E-state index in [2.05, 4.69) is 4.98 Å². The van der Waals surface area contributed by atoms with Gasteiger partial charge in [-0.25, -0.2) is 4.98 Å². The first-order valence-corrected chi connectivity index (χ1v) is 5.77. The van der Waals surface area contributed by atoms with Gasteiger partial charge >= 0.3 is 0 Å². The lowest BCUT2D eigenvalue weighted by Gasteiger charge is -2.06. The Labute approximate surface area is 115 Å². The van der Waals surface area contributed by atoms with Crippen LogP contribution >= 0.6 is 11.6 Å². The molecule has 0 radical (unpaired) electrons. The van der Waals surface area contributed by atoms with Crippen LogP contribution in [0.1, 0.15) is 16.7 Å². The number of ether oxygens (including phenoxy) is 1. The van der Waals surface area contributed by atoms with Crippen molar-refractivity contribution in [2.24, 2.45) is 0 Å². The summed E-state index contributed by atoms with van der Waals surface area (Å²) < 4.78 is 5.46. The molecule has 5 heteroatoms. The van der Waals surface area contributed by atoms with Crippen LogP contribution in [-0.4, -0.2) is 4.98 Å². The van der Waals surface area contributed by atoms with E-state index >= 15 is 0 Å². The van der Waals surface area contributed by atoms with E-state index in [9.17, 15) is 0 Å². The van der Waals surface area contributed by atoms with Crippen molar-refractivity contribution in [1.29, 1.82) is 10.5 Å². The van der Waals surface area contributed by atoms with Crippen LogP contribution in [0, 0.1) is 22.7 Å². The van der Waals surface area contributed by atoms with E-state index in [1.807, 2.05) is 12.1 Å². The Kier molecular flexibility index (Phi) is 3.97. The first-order valence-electron chi connectivity index (χ1n) is 5.40. The van der Waals surface area contributed by atoms with E-state index in [0.717, 1.165) is 5.56 Å². The Hall–Kier alpha value is -2.56. The molecule has 0 aliphatic heterocycles. The highest BCUT2D eigenvalue weighted by Crippen LogP contribution is 2.15. The Morgan fingerprint density at radius 2 is 1.79 bits per heavy atom. The summed E-state index contributed by atoms with van der Waals surface area (Å²) in [6.07, 6.45) is 1.49. The summed E-state index contributed by atoms with van der Waals surface area (Å²) in [6, 6.07) is 12.2. The molecule has 0 N–H and O–H groups in total. The molecule has 0 unspecified atom stereocenters. The van der Waals surface area contributed by atoms with Gasteiger partial charge in [0.05, 0.1) is 28.3 Å². The number of nitriles is 2. The molecular formula is C14H8ClN3O. The van der Waals surface area contributed by atoms with Crippen LogP contribution in [0.4, 0.5) is 0 Å². The summed E-state index contributed by atoms with van der Waals surface area (Å²) >= 11 is 5.72. The van der Waals surface area contributed by atoms with Gasteiger partial charge in [0.2, 0.25) is 5.88 Å². The van der Waals surface area contributed by atoms with Gasteiger partial charge in [-0.1, -0.05) is 11.6 Å². The van der Waals surface area contributed by atoms with Crippen LogP contribution in [-0.2, 0) is 6.61 Å². The predicted octanol–water partition coefficient (Wildman–Crippen LogP) is 3.06. The fraction of sp³-hybridized carbons (Fsp3) is 0.0714. The maximum Gasteiger partial charge on any atom is 0.213 e. The van der Waals surface area contributed by atoms with Crippen LogP contribution in [0.2, 0.25) is 5.02 Å². The zero-order valence-electron chi connectivity index (χ0n) is 9.80. The van der Waals surface area contributed by atoms with E-state index in [1.165, 1.54) is 12.3 Å². The lowest BCUT2D eigenvalue weighted by atomic mass is 10.1. The molecule has 0 aliphatic carbocycles. The van der Waals surface area contributed by atoms with Crippen LogP contribution in [0.5, 0.6) is 5.88 Å². The van der Waals surface area contributed by atoms with Gasteiger partial charge in [0.15, 0.2) is 0 Å². The molecule has 0 bridgehead atoms. The van der Waals surface area contributed by atoms with Crippen LogP contribution in [0.25, 0.3) is 0 Å². The van der Waals surface area contributed by atoms with Gasteiger partial charge in [0.1, 0.15) is 6.61 Å². The van der Waals surface area contributed by atoms with Gasteiger partial charge in [-0.3, -0.25) is 0 Å². The molecule has 19 heavy (non-hydrogen) atoms. The largest absolute Gasteiger partial charge is 0.473 e. The quantitative estimate of drug-likeness (QED) is 0.859. The van der Waals surface area contributed by atoms with Gasteiger partial charge < -0.3 is 4.74 Å². The number of benzene rings is 1. The third kappa shape index (κ3) is 3.45. The molecule has 1 aromatic heterocycles. The second-order valence-corrected chi connectivity index (χ2v) is 4.18. The summed E-state index contributed by atoms with van der Waals surface area (Å²) in [4.78, 5) is 3.99. The Bertz CT molecular complexity index is 636. The minimum absolute atomic E-state index is 0.235. The average Bonchev–Trinajstić information content (AvgIpc) is 2.46. The Morgan fingerprint density at radius 1 is 1.11 bits per heavy atom. The summed E-state index contributed by atoms with van der Waals surface area (Å²) in [6.45, 7) is 0.235. The predicted molar refractivity (Wildman–Crippen MR) is 69.5 cm³/mol. The number of hydrogen-bond donors (Lipinski definition) is 0. The number of hydrogen-bond acceptors (Lipinski definition) is 4. The highest BCUT2D eigenvalue weighted by atomic mass is 35.5. The maximum absolute atomic E-state index is 8.87. The van der Waals surface area contributed by atoms with E-state index in [4.69, 9.17) is 26.9 Å². The van der Waals surface area contributed by atoms with Gasteiger partial charge in [-0.05, 0) is 29.8 Å². The standard InChI is InChI=1S/C14H8ClN3O/c15-13-1-2-14(18-8-13)19-9-12-4-10(6-16)3-11(5-12)7-17/h1-5,8H,9H2. The summed E-state index contributed by atoms with van der Waals surface area (Å²) in [7, 11) is 0. The Morgan fingerprint density at radius 3 is 2.32 bits per heavy atom. The molecule has 2 aromatic rings. The van der Waals surface area contributed by atoms with Crippen molar-refractivity contribution in [2.75, 3.05) is 0 Å². The Balaban J connectivity index is 2.13. The van der Waals surface area contributed by atoms with Gasteiger partial charge in [0.25, 0.3) is 0 Å². The lowest BCUT2D eigenvalue weighted by molar-refractivity contribution is 0.294. The van der Waals surface area contributed by atoms with Crippen molar-refractivity contribution in [3.63, 3.8) is 0 Å². The van der Waals surface area contributed by atoms with Crippen molar-refractivity contribution in [3.05, 3.63) is 58.2 Å². The minimum atomic E-state index is 0.235. The normalized spacial score (nSPS) is 9.42. The van der Waals surface area contributed by atoms with Crippen LogP contribution < -0.4 is 4.74 Å². The molecule has 0 saturated carbocycles. The van der Waals surface area contributed by atoms with Gasteiger partial charge in [-0.15, -0.1) is 0 Å². The molecule has 0 spiro atoms. The number of rotatable bonds is 3. The molecule has 0 fully saturated rings. The number of halogens is 1.